The monoisotopic (exact) mass is 476 g/mol. The van der Waals surface area contributed by atoms with Gasteiger partial charge in [0.15, 0.2) is 0 Å². The molecule has 0 aliphatic heterocycles. The first-order chi connectivity index (χ1) is 16.9. The Morgan fingerprint density at radius 3 is 2.31 bits per heavy atom. The molecule has 1 saturated carbocycles. The van der Waals surface area contributed by atoms with E-state index in [4.69, 9.17) is 0 Å². The van der Waals surface area contributed by atoms with E-state index >= 15 is 0 Å². The second-order valence-electron chi connectivity index (χ2n) is 8.42. The van der Waals surface area contributed by atoms with Gasteiger partial charge in [0, 0.05) is 30.4 Å². The predicted molar refractivity (Wildman–Crippen MR) is 132 cm³/mol. The number of hydrogen-bond donors (Lipinski definition) is 1. The molecule has 1 aliphatic carbocycles. The van der Waals surface area contributed by atoms with E-state index < -0.39 is 23.2 Å². The highest BCUT2D eigenvalue weighted by atomic mass is 19.3. The van der Waals surface area contributed by atoms with Crippen molar-refractivity contribution in [3.05, 3.63) is 104 Å². The molecule has 35 heavy (non-hydrogen) atoms. The Kier molecular flexibility index (Phi) is 5.68. The molecule has 0 radical (unpaired) electrons. The van der Waals surface area contributed by atoms with Crippen LogP contribution in [0.4, 0.5) is 20.2 Å². The lowest BCUT2D eigenvalue weighted by Crippen LogP contribution is -2.41. The number of anilines is 2. The first kappa shape index (κ1) is 22.5. The van der Waals surface area contributed by atoms with Crippen LogP contribution in [0.25, 0.3) is 22.9 Å². The van der Waals surface area contributed by atoms with Crippen LogP contribution in [0.2, 0.25) is 0 Å². The fourth-order valence-electron chi connectivity index (χ4n) is 4.24. The predicted octanol–water partition coefficient (Wildman–Crippen LogP) is 4.30. The molecule has 178 valence electrons. The maximum atomic E-state index is 13.7. The van der Waals surface area contributed by atoms with E-state index in [9.17, 15) is 23.2 Å². The maximum absolute atomic E-state index is 13.7. The van der Waals surface area contributed by atoms with E-state index in [1.807, 2.05) is 0 Å². The molecule has 0 bridgehead atoms. The van der Waals surface area contributed by atoms with Crippen LogP contribution in [0, 0.1) is 0 Å². The third-order valence-corrected chi connectivity index (χ3v) is 6.00. The summed E-state index contributed by atoms with van der Waals surface area (Å²) in [5, 5.41) is 3.23. The molecule has 2 aromatic heterocycles. The number of benzene rings is 2. The molecular formula is C26H22F2N4O3. The van der Waals surface area contributed by atoms with Crippen LogP contribution in [0.5, 0.6) is 0 Å². The van der Waals surface area contributed by atoms with Crippen LogP contribution in [0.1, 0.15) is 24.4 Å². The van der Waals surface area contributed by atoms with Crippen LogP contribution in [0.3, 0.4) is 0 Å². The van der Waals surface area contributed by atoms with Crippen LogP contribution in [-0.4, -0.2) is 20.1 Å². The Bertz CT molecular complexity index is 1600. The topological polar surface area (TPSA) is 78.0 Å². The van der Waals surface area contributed by atoms with Gasteiger partial charge in [-0.25, -0.2) is 18.1 Å². The zero-order chi connectivity index (χ0) is 24.7. The van der Waals surface area contributed by atoms with Gasteiger partial charge in [0.2, 0.25) is 6.43 Å². The van der Waals surface area contributed by atoms with Crippen molar-refractivity contribution in [3.8, 4) is 5.69 Å². The highest BCUT2D eigenvalue weighted by Crippen LogP contribution is 2.33. The number of nitrogens with zero attached hydrogens (tertiary/aromatic N) is 3. The molecule has 1 N–H and O–H groups in total. The number of hydrogen-bond acceptors (Lipinski definition) is 4. The summed E-state index contributed by atoms with van der Waals surface area (Å²) in [6.45, 7) is 3.71. The standard InChI is InChI=1S/C26H22F2N4O3/c1-2-30-22(33)15-20(29-17-10-8-16(9-11-17)14-21(27)28)23-24(30)31(18-6-4-3-5-7-18)26(35)32(25(23)34)19-12-13-19/h2-11,15,19,21,29H,1,12-14H2. The lowest BCUT2D eigenvalue weighted by molar-refractivity contribution is 0.149. The number of alkyl halides is 2. The van der Waals surface area contributed by atoms with Crippen LogP contribution < -0.4 is 22.1 Å². The third-order valence-electron chi connectivity index (χ3n) is 6.00. The van der Waals surface area contributed by atoms with E-state index in [1.165, 1.54) is 26.0 Å². The molecule has 2 heterocycles. The van der Waals surface area contributed by atoms with Gasteiger partial charge in [-0.15, -0.1) is 0 Å². The van der Waals surface area contributed by atoms with Crippen molar-refractivity contribution in [2.75, 3.05) is 5.32 Å². The van der Waals surface area contributed by atoms with Crippen molar-refractivity contribution in [3.63, 3.8) is 0 Å². The van der Waals surface area contributed by atoms with Crippen molar-refractivity contribution in [2.45, 2.75) is 31.7 Å². The Hall–Kier alpha value is -4.27. The van der Waals surface area contributed by atoms with Crippen molar-refractivity contribution >= 4 is 28.6 Å². The van der Waals surface area contributed by atoms with Gasteiger partial charge in [0.1, 0.15) is 11.0 Å². The number of pyridine rings is 1. The first-order valence-corrected chi connectivity index (χ1v) is 11.2. The van der Waals surface area contributed by atoms with Gasteiger partial charge in [-0.2, -0.15) is 0 Å². The van der Waals surface area contributed by atoms with E-state index in [0.29, 0.717) is 29.8 Å². The fraction of sp³-hybridized carbons (Fsp3) is 0.192. The molecule has 1 fully saturated rings. The number of fused-ring (bicyclic) bond motifs is 1. The Balaban J connectivity index is 1.80. The molecule has 4 aromatic rings. The molecule has 0 saturated heterocycles. The number of nitrogens with one attached hydrogen (secondary N) is 1. The molecule has 2 aromatic carbocycles. The second kappa shape index (κ2) is 8.83. The number of halogens is 2. The summed E-state index contributed by atoms with van der Waals surface area (Å²) in [7, 11) is 0. The first-order valence-electron chi connectivity index (χ1n) is 11.2. The molecule has 0 atom stereocenters. The van der Waals surface area contributed by atoms with E-state index in [-0.39, 0.29) is 29.2 Å². The van der Waals surface area contributed by atoms with Crippen molar-refractivity contribution in [1.29, 1.82) is 0 Å². The maximum Gasteiger partial charge on any atom is 0.337 e. The molecule has 0 spiro atoms. The average Bonchev–Trinajstić information content (AvgIpc) is 3.66. The smallest absolute Gasteiger partial charge is 0.337 e. The van der Waals surface area contributed by atoms with Gasteiger partial charge in [-0.05, 0) is 42.7 Å². The molecule has 1 aliphatic rings. The molecular weight excluding hydrogens is 454 g/mol. The van der Waals surface area contributed by atoms with Gasteiger partial charge < -0.3 is 5.32 Å². The van der Waals surface area contributed by atoms with Gasteiger partial charge in [-0.1, -0.05) is 36.9 Å². The van der Waals surface area contributed by atoms with Crippen LogP contribution in [-0.2, 0) is 6.42 Å². The van der Waals surface area contributed by atoms with Gasteiger partial charge in [-0.3, -0.25) is 18.7 Å². The minimum absolute atomic E-state index is 0.0995. The van der Waals surface area contributed by atoms with Gasteiger partial charge >= 0.3 is 5.69 Å². The normalized spacial score (nSPS) is 13.3. The van der Waals surface area contributed by atoms with E-state index in [0.717, 1.165) is 0 Å². The van der Waals surface area contributed by atoms with Crippen molar-refractivity contribution in [2.24, 2.45) is 0 Å². The summed E-state index contributed by atoms with van der Waals surface area (Å²) >= 11 is 0. The average molecular weight is 476 g/mol. The molecule has 5 rings (SSSR count). The summed E-state index contributed by atoms with van der Waals surface area (Å²) in [6, 6.07) is 16.2. The second-order valence-corrected chi connectivity index (χ2v) is 8.42. The minimum atomic E-state index is -2.46. The highest BCUT2D eigenvalue weighted by Gasteiger charge is 2.31. The van der Waals surface area contributed by atoms with E-state index in [2.05, 4.69) is 11.9 Å². The SMILES string of the molecule is C=Cn1c(=O)cc(Nc2ccc(CC(F)F)cc2)c2c(=O)n(C3CC3)c(=O)n(-c3ccccc3)c21. The number of rotatable bonds is 7. The lowest BCUT2D eigenvalue weighted by Gasteiger charge is -2.19. The quantitative estimate of drug-likeness (QED) is 0.432. The van der Waals surface area contributed by atoms with Crippen LogP contribution in [0.15, 0.2) is 81.6 Å². The lowest BCUT2D eigenvalue weighted by atomic mass is 10.1. The van der Waals surface area contributed by atoms with E-state index in [1.54, 1.807) is 54.6 Å². The fourth-order valence-corrected chi connectivity index (χ4v) is 4.24. The van der Waals surface area contributed by atoms with Crippen LogP contribution >= 0.6 is 0 Å². The molecule has 9 heteroatoms. The Labute approximate surface area is 198 Å². The summed E-state index contributed by atoms with van der Waals surface area (Å²) in [4.78, 5) is 40.2. The van der Waals surface area contributed by atoms with Crippen molar-refractivity contribution in [1.82, 2.24) is 13.7 Å². The summed E-state index contributed by atoms with van der Waals surface area (Å²) in [6.07, 6.45) is -0.128. The largest absolute Gasteiger partial charge is 0.355 e. The third kappa shape index (κ3) is 4.09. The molecule has 0 unspecified atom stereocenters. The van der Waals surface area contributed by atoms with Crippen molar-refractivity contribution < 1.29 is 8.78 Å². The highest BCUT2D eigenvalue weighted by molar-refractivity contribution is 5.92. The number of aromatic nitrogens is 3. The molecule has 7 nitrogen and oxygen atoms in total. The molecule has 0 amide bonds. The zero-order valence-corrected chi connectivity index (χ0v) is 18.7. The van der Waals surface area contributed by atoms with Gasteiger partial charge in [0.05, 0.1) is 11.4 Å². The summed E-state index contributed by atoms with van der Waals surface area (Å²) in [5.41, 5.74) is 0.266. The Morgan fingerprint density at radius 2 is 1.71 bits per heavy atom. The Morgan fingerprint density at radius 1 is 1.03 bits per heavy atom. The summed E-state index contributed by atoms with van der Waals surface area (Å²) in [5.74, 6) is 0. The zero-order valence-electron chi connectivity index (χ0n) is 18.7. The minimum Gasteiger partial charge on any atom is -0.355 e. The van der Waals surface area contributed by atoms with Gasteiger partial charge in [0.25, 0.3) is 11.1 Å². The summed E-state index contributed by atoms with van der Waals surface area (Å²) < 4.78 is 29.2. The number of para-hydroxylation sites is 1.